The van der Waals surface area contributed by atoms with Crippen molar-refractivity contribution < 1.29 is 0 Å². The SMILES string of the molecule is CCNC(=S)N/N=C\c1cn(Cc2ccccc2)c2ccccc12. The maximum absolute atomic E-state index is 5.12. The maximum atomic E-state index is 5.12. The Morgan fingerprint density at radius 2 is 1.88 bits per heavy atom. The largest absolute Gasteiger partial charge is 0.362 e. The number of rotatable bonds is 5. The van der Waals surface area contributed by atoms with Crippen LogP contribution in [0.15, 0.2) is 65.9 Å². The Labute approximate surface area is 147 Å². The molecule has 0 saturated heterocycles. The molecule has 0 unspecified atom stereocenters. The Balaban J connectivity index is 1.86. The molecule has 0 fully saturated rings. The molecule has 0 atom stereocenters. The van der Waals surface area contributed by atoms with E-state index in [1.54, 1.807) is 0 Å². The van der Waals surface area contributed by atoms with Gasteiger partial charge in [0.1, 0.15) is 0 Å². The molecule has 0 spiro atoms. The van der Waals surface area contributed by atoms with E-state index in [2.05, 4.69) is 69.1 Å². The first-order chi connectivity index (χ1) is 11.8. The van der Waals surface area contributed by atoms with Crippen molar-refractivity contribution in [3.63, 3.8) is 0 Å². The normalized spacial score (nSPS) is 11.0. The van der Waals surface area contributed by atoms with Crippen LogP contribution in [-0.4, -0.2) is 22.4 Å². The summed E-state index contributed by atoms with van der Waals surface area (Å²) >= 11 is 5.12. The van der Waals surface area contributed by atoms with Gasteiger partial charge in [0.15, 0.2) is 5.11 Å². The molecule has 0 amide bonds. The molecule has 0 aliphatic heterocycles. The van der Waals surface area contributed by atoms with Gasteiger partial charge in [-0.2, -0.15) is 5.10 Å². The number of hydrazone groups is 1. The average Bonchev–Trinajstić information content (AvgIpc) is 2.94. The molecule has 3 rings (SSSR count). The van der Waals surface area contributed by atoms with Crippen molar-refractivity contribution in [2.24, 2.45) is 5.10 Å². The van der Waals surface area contributed by atoms with Crippen LogP contribution in [0.2, 0.25) is 0 Å². The highest BCUT2D eigenvalue weighted by Crippen LogP contribution is 2.21. The first-order valence-corrected chi connectivity index (χ1v) is 8.37. The summed E-state index contributed by atoms with van der Waals surface area (Å²) < 4.78 is 2.24. The molecule has 0 bridgehead atoms. The molecular weight excluding hydrogens is 316 g/mol. The summed E-state index contributed by atoms with van der Waals surface area (Å²) in [6, 6.07) is 18.8. The molecule has 5 heteroatoms. The summed E-state index contributed by atoms with van der Waals surface area (Å²) in [5, 5.41) is 8.95. The lowest BCUT2D eigenvalue weighted by molar-refractivity contribution is 0.836. The average molecular weight is 336 g/mol. The maximum Gasteiger partial charge on any atom is 0.186 e. The highest BCUT2D eigenvalue weighted by molar-refractivity contribution is 7.80. The van der Waals surface area contributed by atoms with Crippen LogP contribution in [0.5, 0.6) is 0 Å². The Kier molecular flexibility index (Phi) is 5.23. The zero-order valence-corrected chi connectivity index (χ0v) is 14.4. The van der Waals surface area contributed by atoms with Gasteiger partial charge >= 0.3 is 0 Å². The third-order valence-corrected chi connectivity index (χ3v) is 3.96. The molecule has 2 aromatic carbocycles. The van der Waals surface area contributed by atoms with E-state index in [0.29, 0.717) is 5.11 Å². The topological polar surface area (TPSA) is 41.4 Å². The van der Waals surface area contributed by atoms with Gasteiger partial charge in [0, 0.05) is 35.8 Å². The van der Waals surface area contributed by atoms with E-state index in [4.69, 9.17) is 12.2 Å². The number of thiocarbonyl (C=S) groups is 1. The second-order valence-corrected chi connectivity index (χ2v) is 5.85. The van der Waals surface area contributed by atoms with Gasteiger partial charge < -0.3 is 9.88 Å². The van der Waals surface area contributed by atoms with Gasteiger partial charge in [0.05, 0.1) is 6.21 Å². The van der Waals surface area contributed by atoms with E-state index in [0.717, 1.165) is 18.7 Å². The minimum Gasteiger partial charge on any atom is -0.362 e. The van der Waals surface area contributed by atoms with E-state index >= 15 is 0 Å². The highest BCUT2D eigenvalue weighted by atomic mass is 32.1. The number of nitrogens with one attached hydrogen (secondary N) is 2. The van der Waals surface area contributed by atoms with Gasteiger partial charge in [-0.3, -0.25) is 5.43 Å². The second-order valence-electron chi connectivity index (χ2n) is 5.44. The molecule has 1 aromatic heterocycles. The van der Waals surface area contributed by atoms with E-state index in [9.17, 15) is 0 Å². The molecule has 24 heavy (non-hydrogen) atoms. The van der Waals surface area contributed by atoms with Crippen LogP contribution in [0.25, 0.3) is 10.9 Å². The lowest BCUT2D eigenvalue weighted by Crippen LogP contribution is -2.31. The monoisotopic (exact) mass is 336 g/mol. The third-order valence-electron chi connectivity index (χ3n) is 3.72. The van der Waals surface area contributed by atoms with Gasteiger partial charge in [0.25, 0.3) is 0 Å². The van der Waals surface area contributed by atoms with E-state index in [1.165, 1.54) is 16.5 Å². The Morgan fingerprint density at radius 3 is 2.67 bits per heavy atom. The van der Waals surface area contributed by atoms with E-state index in [-0.39, 0.29) is 0 Å². The molecule has 1 heterocycles. The smallest absolute Gasteiger partial charge is 0.186 e. The lowest BCUT2D eigenvalue weighted by atomic mass is 10.2. The fourth-order valence-electron chi connectivity index (χ4n) is 2.65. The summed E-state index contributed by atoms with van der Waals surface area (Å²) in [7, 11) is 0. The minimum atomic E-state index is 0.529. The molecular formula is C19H20N4S. The molecule has 0 radical (unpaired) electrons. The number of benzene rings is 2. The van der Waals surface area contributed by atoms with Crippen LogP contribution in [0.3, 0.4) is 0 Å². The number of hydrogen-bond donors (Lipinski definition) is 2. The summed E-state index contributed by atoms with van der Waals surface area (Å²) in [4.78, 5) is 0. The standard InChI is InChI=1S/C19H20N4S/c1-2-20-19(24)22-21-12-16-14-23(13-15-8-4-3-5-9-15)18-11-7-6-10-17(16)18/h3-12,14H,2,13H2,1H3,(H2,20,22,24)/b21-12-. The van der Waals surface area contributed by atoms with Crippen LogP contribution >= 0.6 is 12.2 Å². The predicted molar refractivity (Wildman–Crippen MR) is 104 cm³/mol. The van der Waals surface area contributed by atoms with Crippen molar-refractivity contribution >= 4 is 34.4 Å². The quantitative estimate of drug-likeness (QED) is 0.426. The predicted octanol–water partition coefficient (Wildman–Crippen LogP) is 3.51. The molecule has 2 N–H and O–H groups in total. The number of hydrogen-bond acceptors (Lipinski definition) is 2. The minimum absolute atomic E-state index is 0.529. The number of nitrogens with zero attached hydrogens (tertiary/aromatic N) is 2. The third kappa shape index (κ3) is 3.81. The van der Waals surface area contributed by atoms with Gasteiger partial charge in [0.2, 0.25) is 0 Å². The van der Waals surface area contributed by atoms with Crippen molar-refractivity contribution in [3.05, 3.63) is 71.9 Å². The highest BCUT2D eigenvalue weighted by Gasteiger charge is 2.07. The number of fused-ring (bicyclic) bond motifs is 1. The van der Waals surface area contributed by atoms with Gasteiger partial charge in [-0.1, -0.05) is 48.5 Å². The molecule has 0 aliphatic rings. The van der Waals surface area contributed by atoms with Crippen LogP contribution < -0.4 is 10.7 Å². The van der Waals surface area contributed by atoms with Crippen LogP contribution in [0.4, 0.5) is 0 Å². The fraction of sp³-hybridized carbons (Fsp3) is 0.158. The Hall–Kier alpha value is -2.66. The van der Waals surface area contributed by atoms with Crippen molar-refractivity contribution in [2.45, 2.75) is 13.5 Å². The van der Waals surface area contributed by atoms with Crippen molar-refractivity contribution in [1.29, 1.82) is 0 Å². The summed E-state index contributed by atoms with van der Waals surface area (Å²) in [6.45, 7) is 3.60. The Morgan fingerprint density at radius 1 is 1.12 bits per heavy atom. The lowest BCUT2D eigenvalue weighted by Gasteiger charge is -2.05. The summed E-state index contributed by atoms with van der Waals surface area (Å²) in [5.74, 6) is 0. The molecule has 0 aliphatic carbocycles. The Bertz CT molecular complexity index is 852. The van der Waals surface area contributed by atoms with E-state index in [1.807, 2.05) is 25.3 Å². The summed E-state index contributed by atoms with van der Waals surface area (Å²) in [6.07, 6.45) is 3.94. The molecule has 3 aromatic rings. The van der Waals surface area contributed by atoms with E-state index < -0.39 is 0 Å². The van der Waals surface area contributed by atoms with Crippen LogP contribution in [0.1, 0.15) is 18.1 Å². The number of para-hydroxylation sites is 1. The second kappa shape index (κ2) is 7.75. The van der Waals surface area contributed by atoms with Gasteiger partial charge in [-0.05, 0) is 30.8 Å². The van der Waals surface area contributed by atoms with Crippen LogP contribution in [-0.2, 0) is 6.54 Å². The number of aromatic nitrogens is 1. The molecule has 122 valence electrons. The summed E-state index contributed by atoms with van der Waals surface area (Å²) in [5.41, 5.74) is 6.36. The van der Waals surface area contributed by atoms with Crippen molar-refractivity contribution in [3.8, 4) is 0 Å². The van der Waals surface area contributed by atoms with Gasteiger partial charge in [-0.15, -0.1) is 0 Å². The zero-order chi connectivity index (χ0) is 16.8. The van der Waals surface area contributed by atoms with Crippen molar-refractivity contribution in [2.75, 3.05) is 6.54 Å². The fourth-order valence-corrected chi connectivity index (χ4v) is 2.85. The first kappa shape index (κ1) is 16.2. The first-order valence-electron chi connectivity index (χ1n) is 7.96. The van der Waals surface area contributed by atoms with Crippen LogP contribution in [0, 0.1) is 0 Å². The van der Waals surface area contributed by atoms with Gasteiger partial charge in [-0.25, -0.2) is 0 Å². The molecule has 0 saturated carbocycles. The zero-order valence-electron chi connectivity index (χ0n) is 13.6. The molecule has 4 nitrogen and oxygen atoms in total. The van der Waals surface area contributed by atoms with Crippen molar-refractivity contribution in [1.82, 2.24) is 15.3 Å².